The van der Waals surface area contributed by atoms with Crippen LogP contribution in [0, 0.1) is 0 Å². The van der Waals surface area contributed by atoms with Gasteiger partial charge in [-0.1, -0.05) is 48.5 Å². The molecule has 1 aromatic heterocycles. The van der Waals surface area contributed by atoms with Gasteiger partial charge in [-0.2, -0.15) is 0 Å². The van der Waals surface area contributed by atoms with Gasteiger partial charge in [-0.15, -0.1) is 11.3 Å². The number of thiophene rings is 1. The molecule has 0 spiro atoms. The first kappa shape index (κ1) is 19.0. The van der Waals surface area contributed by atoms with Crippen LogP contribution in [0.2, 0.25) is 0 Å². The number of nitrogens with two attached hydrogens (primary N) is 1. The number of carbonyl (C=O) groups is 2. The van der Waals surface area contributed by atoms with E-state index in [0.717, 1.165) is 5.56 Å². The highest BCUT2D eigenvalue weighted by atomic mass is 32.1. The van der Waals surface area contributed by atoms with Crippen LogP contribution in [0.15, 0.2) is 72.1 Å². The second kappa shape index (κ2) is 8.75. The van der Waals surface area contributed by atoms with Crippen molar-refractivity contribution < 1.29 is 14.9 Å². The summed E-state index contributed by atoms with van der Waals surface area (Å²) in [7, 11) is 0. The van der Waals surface area contributed by atoms with Gasteiger partial charge in [0, 0.05) is 16.8 Å². The first-order chi connectivity index (χ1) is 13.0. The number of nitrogens with one attached hydrogen (secondary N) is 1. The van der Waals surface area contributed by atoms with Gasteiger partial charge in [-0.25, -0.2) is 0 Å². The number of carbonyl (C=O) groups excluding carboxylic acids is 2. The first-order valence-electron chi connectivity index (χ1n) is 8.90. The predicted molar refractivity (Wildman–Crippen MR) is 109 cm³/mol. The van der Waals surface area contributed by atoms with Crippen LogP contribution in [0.3, 0.4) is 0 Å². The molecule has 4 nitrogen and oxygen atoms in total. The second-order valence-electron chi connectivity index (χ2n) is 6.51. The van der Waals surface area contributed by atoms with E-state index in [1.165, 1.54) is 11.8 Å². The number of hydrogen-bond donors (Lipinski definition) is 2. The minimum absolute atomic E-state index is 0.0208. The van der Waals surface area contributed by atoms with Gasteiger partial charge in [-0.05, 0) is 37.4 Å². The maximum Gasteiger partial charge on any atom is 0.282 e. The first-order valence-corrected chi connectivity index (χ1v) is 9.78. The Kier molecular flexibility index (Phi) is 6.16. The van der Waals surface area contributed by atoms with Crippen molar-refractivity contribution in [3.05, 3.63) is 88.1 Å². The molecule has 0 fully saturated rings. The Morgan fingerprint density at radius 3 is 2.44 bits per heavy atom. The molecule has 3 rings (SSSR count). The molecule has 138 valence electrons. The van der Waals surface area contributed by atoms with E-state index in [0.29, 0.717) is 11.3 Å². The van der Waals surface area contributed by atoms with Gasteiger partial charge in [0.15, 0.2) is 11.8 Å². The summed E-state index contributed by atoms with van der Waals surface area (Å²) >= 11 is 1.69. The molecule has 1 heterocycles. The Hall–Kier alpha value is -2.76. The fourth-order valence-corrected chi connectivity index (χ4v) is 3.78. The zero-order valence-electron chi connectivity index (χ0n) is 15.4. The third-order valence-corrected chi connectivity index (χ3v) is 5.40. The van der Waals surface area contributed by atoms with Crippen molar-refractivity contribution in [3.63, 3.8) is 0 Å². The summed E-state index contributed by atoms with van der Waals surface area (Å²) < 4.78 is 0. The van der Waals surface area contributed by atoms with Crippen molar-refractivity contribution in [2.45, 2.75) is 25.9 Å². The van der Waals surface area contributed by atoms with Crippen molar-refractivity contribution in [2.75, 3.05) is 5.32 Å². The summed E-state index contributed by atoms with van der Waals surface area (Å²) in [6.07, 6.45) is 0. The van der Waals surface area contributed by atoms with Crippen LogP contribution in [0.4, 0.5) is 5.69 Å². The molecule has 2 atom stereocenters. The molecule has 0 aliphatic carbocycles. The Bertz CT molecular complexity index is 907. The van der Waals surface area contributed by atoms with Gasteiger partial charge >= 0.3 is 0 Å². The van der Waals surface area contributed by atoms with Crippen LogP contribution in [-0.2, 0) is 4.79 Å². The van der Waals surface area contributed by atoms with Gasteiger partial charge in [0.1, 0.15) is 6.04 Å². The maximum atomic E-state index is 12.7. The zero-order valence-corrected chi connectivity index (χ0v) is 16.2. The fraction of sp³-hybridized carbons (Fsp3) is 0.182. The number of benzene rings is 2. The second-order valence-corrected chi connectivity index (χ2v) is 7.49. The highest BCUT2D eigenvalue weighted by molar-refractivity contribution is 7.10. The molecule has 0 radical (unpaired) electrons. The quantitative estimate of drug-likeness (QED) is 0.616. The molecular formula is C22H23N2O2S+. The SMILES string of the molecule is CC(=O)c1cccc(NC(=O)[C@@H](C)[NH2+][C@H](c2ccccc2)c2cccs2)c1. The van der Waals surface area contributed by atoms with Gasteiger partial charge in [0.05, 0.1) is 4.88 Å². The molecule has 0 bridgehead atoms. The topological polar surface area (TPSA) is 62.8 Å². The van der Waals surface area contributed by atoms with E-state index in [9.17, 15) is 9.59 Å². The summed E-state index contributed by atoms with van der Waals surface area (Å²) in [6.45, 7) is 3.41. The van der Waals surface area contributed by atoms with E-state index in [-0.39, 0.29) is 23.8 Å². The lowest BCUT2D eigenvalue weighted by molar-refractivity contribution is -0.703. The molecule has 0 saturated carbocycles. The average Bonchev–Trinajstić information content (AvgIpc) is 3.21. The van der Waals surface area contributed by atoms with Crippen LogP contribution in [0.5, 0.6) is 0 Å². The van der Waals surface area contributed by atoms with E-state index in [1.54, 1.807) is 35.6 Å². The molecule has 2 aromatic carbocycles. The fourth-order valence-electron chi connectivity index (χ4n) is 2.95. The lowest BCUT2D eigenvalue weighted by Crippen LogP contribution is -2.92. The van der Waals surface area contributed by atoms with Crippen LogP contribution in [0.1, 0.15) is 40.7 Å². The number of quaternary nitrogens is 1. The molecule has 3 aromatic rings. The van der Waals surface area contributed by atoms with E-state index < -0.39 is 0 Å². The molecule has 5 heteroatoms. The van der Waals surface area contributed by atoms with Crippen molar-refractivity contribution in [3.8, 4) is 0 Å². The Morgan fingerprint density at radius 2 is 1.78 bits per heavy atom. The average molecular weight is 380 g/mol. The largest absolute Gasteiger partial charge is 0.326 e. The molecule has 1 amide bonds. The van der Waals surface area contributed by atoms with E-state index in [1.807, 2.05) is 31.2 Å². The highest BCUT2D eigenvalue weighted by Crippen LogP contribution is 2.22. The Labute approximate surface area is 163 Å². The number of anilines is 1. The van der Waals surface area contributed by atoms with Gasteiger partial charge in [0.2, 0.25) is 0 Å². The van der Waals surface area contributed by atoms with Gasteiger partial charge in [-0.3, -0.25) is 9.59 Å². The third kappa shape index (κ3) is 4.90. The number of hydrogen-bond acceptors (Lipinski definition) is 3. The number of Topliss-reactive ketones (excluding diaryl/α,β-unsaturated/α-hetero) is 1. The molecule has 0 aliphatic heterocycles. The van der Waals surface area contributed by atoms with Crippen LogP contribution >= 0.6 is 11.3 Å². The van der Waals surface area contributed by atoms with E-state index in [4.69, 9.17) is 0 Å². The van der Waals surface area contributed by atoms with Crippen LogP contribution in [0.25, 0.3) is 0 Å². The van der Waals surface area contributed by atoms with Gasteiger partial charge in [0.25, 0.3) is 5.91 Å². The number of rotatable bonds is 7. The molecular weight excluding hydrogens is 356 g/mol. The zero-order chi connectivity index (χ0) is 19.2. The normalized spacial score (nSPS) is 13.0. The van der Waals surface area contributed by atoms with Crippen LogP contribution in [-0.4, -0.2) is 17.7 Å². The smallest absolute Gasteiger partial charge is 0.282 e. The minimum atomic E-state index is -0.293. The number of ketones is 1. The summed E-state index contributed by atoms with van der Waals surface area (Å²) in [5, 5.41) is 7.05. The Balaban J connectivity index is 1.74. The minimum Gasteiger partial charge on any atom is -0.326 e. The van der Waals surface area contributed by atoms with Crippen molar-refractivity contribution in [2.24, 2.45) is 0 Å². The highest BCUT2D eigenvalue weighted by Gasteiger charge is 2.25. The van der Waals surface area contributed by atoms with Crippen LogP contribution < -0.4 is 10.6 Å². The Morgan fingerprint density at radius 1 is 1.00 bits per heavy atom. The number of amides is 1. The summed E-state index contributed by atoms with van der Waals surface area (Å²) in [6, 6.07) is 21.1. The molecule has 27 heavy (non-hydrogen) atoms. The third-order valence-electron chi connectivity index (χ3n) is 4.44. The van der Waals surface area contributed by atoms with Crippen molar-refractivity contribution in [1.82, 2.24) is 0 Å². The standard InChI is InChI=1S/C22H22N2O2S/c1-15(22(26)24-19-11-6-10-18(14-19)16(2)25)23-21(20-12-7-13-27-20)17-8-4-3-5-9-17/h3-15,21,23H,1-2H3,(H,24,26)/p+1/t15-,21-/m1/s1. The van der Waals surface area contributed by atoms with E-state index >= 15 is 0 Å². The molecule has 0 unspecified atom stereocenters. The monoisotopic (exact) mass is 379 g/mol. The van der Waals surface area contributed by atoms with E-state index in [2.05, 4.69) is 34.2 Å². The molecule has 0 saturated heterocycles. The summed E-state index contributed by atoms with van der Waals surface area (Å²) in [5.74, 6) is -0.110. The lowest BCUT2D eigenvalue weighted by atomic mass is 10.0. The van der Waals surface area contributed by atoms with Crippen molar-refractivity contribution in [1.29, 1.82) is 0 Å². The summed E-state index contributed by atoms with van der Waals surface area (Å²) in [5.41, 5.74) is 2.39. The predicted octanol–water partition coefficient (Wildman–Crippen LogP) is 3.63. The molecule has 0 aliphatic rings. The maximum absolute atomic E-state index is 12.7. The van der Waals surface area contributed by atoms with Crippen molar-refractivity contribution >= 4 is 28.7 Å². The van der Waals surface area contributed by atoms with Gasteiger partial charge < -0.3 is 10.6 Å². The summed E-state index contributed by atoms with van der Waals surface area (Å²) in [4.78, 5) is 25.4. The molecule has 3 N–H and O–H groups in total. The lowest BCUT2D eigenvalue weighted by Gasteiger charge is -2.19.